The molecule has 1 atom stereocenters. The number of anilines is 1. The maximum Gasteiger partial charge on any atom is 0.305 e. The van der Waals surface area contributed by atoms with Gasteiger partial charge in [-0.2, -0.15) is 0 Å². The summed E-state index contributed by atoms with van der Waals surface area (Å²) in [6.45, 7) is 0.849. The van der Waals surface area contributed by atoms with Gasteiger partial charge in [0.05, 0.1) is 6.42 Å². The molecule has 0 aromatic carbocycles. The number of aromatic nitrogens is 2. The molecule has 1 aromatic rings. The quantitative estimate of drug-likeness (QED) is 0.798. The summed E-state index contributed by atoms with van der Waals surface area (Å²) in [5.41, 5.74) is 0. The summed E-state index contributed by atoms with van der Waals surface area (Å²) in [6.07, 6.45) is 5.44. The summed E-state index contributed by atoms with van der Waals surface area (Å²) >= 11 is 0. The van der Waals surface area contributed by atoms with Gasteiger partial charge >= 0.3 is 5.97 Å². The summed E-state index contributed by atoms with van der Waals surface area (Å²) in [6, 6.07) is 1.80. The number of carbonyl (C=O) groups is 1. The van der Waals surface area contributed by atoms with Gasteiger partial charge in [0.1, 0.15) is 0 Å². The molecule has 0 bridgehead atoms. The first kappa shape index (κ1) is 9.89. The van der Waals surface area contributed by atoms with Crippen LogP contribution < -0.4 is 4.90 Å². The van der Waals surface area contributed by atoms with Gasteiger partial charge in [0, 0.05) is 25.0 Å². The average molecular weight is 207 g/mol. The number of rotatable bonds is 3. The van der Waals surface area contributed by atoms with Gasteiger partial charge in [0.25, 0.3) is 0 Å². The minimum atomic E-state index is -0.761. The van der Waals surface area contributed by atoms with Gasteiger partial charge in [-0.3, -0.25) is 4.79 Å². The van der Waals surface area contributed by atoms with Crippen LogP contribution in [0, 0.1) is 0 Å². The van der Waals surface area contributed by atoms with Gasteiger partial charge in [0.15, 0.2) is 0 Å². The first-order valence-corrected chi connectivity index (χ1v) is 5.03. The maximum atomic E-state index is 10.7. The van der Waals surface area contributed by atoms with Crippen LogP contribution in [0.4, 0.5) is 5.95 Å². The van der Waals surface area contributed by atoms with E-state index in [1.54, 1.807) is 18.5 Å². The summed E-state index contributed by atoms with van der Waals surface area (Å²) < 4.78 is 0. The lowest BCUT2D eigenvalue weighted by Gasteiger charge is -2.22. The van der Waals surface area contributed by atoms with Crippen LogP contribution in [-0.2, 0) is 4.79 Å². The first-order chi connectivity index (χ1) is 7.27. The lowest BCUT2D eigenvalue weighted by molar-refractivity contribution is -0.137. The van der Waals surface area contributed by atoms with Crippen LogP contribution in [0.15, 0.2) is 18.5 Å². The third-order valence-corrected chi connectivity index (χ3v) is 2.60. The molecule has 2 heterocycles. The number of hydrogen-bond donors (Lipinski definition) is 1. The number of carboxylic acid groups (broad SMARTS) is 1. The Morgan fingerprint density at radius 1 is 1.53 bits per heavy atom. The second kappa shape index (κ2) is 4.25. The molecule has 5 nitrogen and oxygen atoms in total. The summed E-state index contributed by atoms with van der Waals surface area (Å²) in [4.78, 5) is 20.9. The van der Waals surface area contributed by atoms with Crippen molar-refractivity contribution in [1.82, 2.24) is 9.97 Å². The zero-order chi connectivity index (χ0) is 10.7. The Hall–Kier alpha value is -1.65. The molecule has 15 heavy (non-hydrogen) atoms. The van der Waals surface area contributed by atoms with Gasteiger partial charge in [-0.05, 0) is 18.9 Å². The fourth-order valence-corrected chi connectivity index (χ4v) is 1.95. The second-order valence-electron chi connectivity index (χ2n) is 3.64. The van der Waals surface area contributed by atoms with Gasteiger partial charge < -0.3 is 10.0 Å². The van der Waals surface area contributed by atoms with E-state index in [-0.39, 0.29) is 12.5 Å². The molecule has 80 valence electrons. The highest BCUT2D eigenvalue weighted by Crippen LogP contribution is 2.23. The molecule has 1 aromatic heterocycles. The smallest absolute Gasteiger partial charge is 0.305 e. The molecular weight excluding hydrogens is 194 g/mol. The molecule has 5 heteroatoms. The van der Waals surface area contributed by atoms with E-state index in [1.807, 2.05) is 4.90 Å². The minimum Gasteiger partial charge on any atom is -0.481 e. The van der Waals surface area contributed by atoms with E-state index < -0.39 is 5.97 Å². The topological polar surface area (TPSA) is 66.3 Å². The van der Waals surface area contributed by atoms with Gasteiger partial charge in [-0.1, -0.05) is 0 Å². The predicted molar refractivity (Wildman–Crippen MR) is 54.7 cm³/mol. The Morgan fingerprint density at radius 3 is 2.93 bits per heavy atom. The monoisotopic (exact) mass is 207 g/mol. The largest absolute Gasteiger partial charge is 0.481 e. The molecule has 1 aliphatic heterocycles. The van der Waals surface area contributed by atoms with Crippen molar-refractivity contribution in [2.75, 3.05) is 11.4 Å². The second-order valence-corrected chi connectivity index (χ2v) is 3.64. The van der Waals surface area contributed by atoms with Gasteiger partial charge in [-0.15, -0.1) is 0 Å². The van der Waals surface area contributed by atoms with Crippen LogP contribution >= 0.6 is 0 Å². The Labute approximate surface area is 87.8 Å². The summed E-state index contributed by atoms with van der Waals surface area (Å²) in [5, 5.41) is 8.77. The van der Waals surface area contributed by atoms with Crippen molar-refractivity contribution in [1.29, 1.82) is 0 Å². The van der Waals surface area contributed by atoms with E-state index in [1.165, 1.54) is 0 Å². The summed E-state index contributed by atoms with van der Waals surface area (Å²) in [5.74, 6) is -0.121. The van der Waals surface area contributed by atoms with Crippen molar-refractivity contribution in [3.8, 4) is 0 Å². The predicted octanol–water partition coefficient (Wildman–Crippen LogP) is 0.920. The highest BCUT2D eigenvalue weighted by atomic mass is 16.4. The molecule has 1 N–H and O–H groups in total. The van der Waals surface area contributed by atoms with Crippen LogP contribution in [0.25, 0.3) is 0 Å². The fourth-order valence-electron chi connectivity index (χ4n) is 1.95. The Kier molecular flexibility index (Phi) is 2.80. The number of hydrogen-bond acceptors (Lipinski definition) is 4. The molecular formula is C10H13N3O2. The zero-order valence-corrected chi connectivity index (χ0v) is 8.33. The van der Waals surface area contributed by atoms with Crippen molar-refractivity contribution in [2.45, 2.75) is 25.3 Å². The molecule has 0 spiro atoms. The normalized spacial score (nSPS) is 20.5. The minimum absolute atomic E-state index is 0.0462. The van der Waals surface area contributed by atoms with E-state index in [9.17, 15) is 4.79 Å². The number of nitrogens with zero attached hydrogens (tertiary/aromatic N) is 3. The van der Waals surface area contributed by atoms with Crippen LogP contribution in [0.5, 0.6) is 0 Å². The van der Waals surface area contributed by atoms with Gasteiger partial charge in [0.2, 0.25) is 5.95 Å². The van der Waals surface area contributed by atoms with Crippen LogP contribution in [0.1, 0.15) is 19.3 Å². The number of carboxylic acids is 1. The van der Waals surface area contributed by atoms with Crippen molar-refractivity contribution in [2.24, 2.45) is 0 Å². The van der Waals surface area contributed by atoms with Crippen LogP contribution in [-0.4, -0.2) is 33.6 Å². The Bertz CT molecular complexity index is 342. The van der Waals surface area contributed by atoms with E-state index in [2.05, 4.69) is 9.97 Å². The van der Waals surface area contributed by atoms with Crippen LogP contribution in [0.2, 0.25) is 0 Å². The van der Waals surface area contributed by atoms with E-state index in [0.717, 1.165) is 19.4 Å². The van der Waals surface area contributed by atoms with E-state index in [0.29, 0.717) is 5.95 Å². The SMILES string of the molecule is O=C(O)CC1CCCN1c1ncccn1. The molecule has 1 aliphatic rings. The fraction of sp³-hybridized carbons (Fsp3) is 0.500. The Balaban J connectivity index is 2.11. The molecule has 0 saturated carbocycles. The van der Waals surface area contributed by atoms with E-state index in [4.69, 9.17) is 5.11 Å². The Morgan fingerprint density at radius 2 is 2.27 bits per heavy atom. The molecule has 0 aliphatic carbocycles. The lowest BCUT2D eigenvalue weighted by atomic mass is 10.1. The third kappa shape index (κ3) is 2.23. The number of aliphatic carboxylic acids is 1. The van der Waals surface area contributed by atoms with Gasteiger partial charge in [-0.25, -0.2) is 9.97 Å². The molecule has 0 amide bonds. The van der Waals surface area contributed by atoms with Crippen molar-refractivity contribution >= 4 is 11.9 Å². The third-order valence-electron chi connectivity index (χ3n) is 2.60. The lowest BCUT2D eigenvalue weighted by Crippen LogP contribution is -2.32. The molecule has 1 unspecified atom stereocenters. The van der Waals surface area contributed by atoms with E-state index >= 15 is 0 Å². The highest BCUT2D eigenvalue weighted by molar-refractivity contribution is 5.68. The first-order valence-electron chi connectivity index (χ1n) is 5.03. The maximum absolute atomic E-state index is 10.7. The summed E-state index contributed by atoms with van der Waals surface area (Å²) in [7, 11) is 0. The average Bonchev–Trinajstić information content (AvgIpc) is 2.66. The van der Waals surface area contributed by atoms with Crippen molar-refractivity contribution in [3.05, 3.63) is 18.5 Å². The van der Waals surface area contributed by atoms with Crippen molar-refractivity contribution < 1.29 is 9.90 Å². The highest BCUT2D eigenvalue weighted by Gasteiger charge is 2.28. The molecule has 2 rings (SSSR count). The molecule has 0 radical (unpaired) electrons. The molecule has 1 fully saturated rings. The zero-order valence-electron chi connectivity index (χ0n) is 8.33. The van der Waals surface area contributed by atoms with Crippen molar-refractivity contribution in [3.63, 3.8) is 0 Å². The molecule has 1 saturated heterocycles. The standard InChI is InChI=1S/C10H13N3O2/c14-9(15)7-8-3-1-6-13(8)10-11-4-2-5-12-10/h2,4-5,8H,1,3,6-7H2,(H,14,15). The van der Waals surface area contributed by atoms with Crippen LogP contribution in [0.3, 0.4) is 0 Å².